The van der Waals surface area contributed by atoms with E-state index in [0.29, 0.717) is 3.58 Å². The Morgan fingerprint density at radius 2 is 0.921 bits per heavy atom. The molecule has 0 amide bonds. The molecule has 0 saturated heterocycles. The second-order valence-corrected chi connectivity index (χ2v) is 17.3. The first-order valence-electron chi connectivity index (χ1n) is 14.8. The molecule has 0 N–H and O–H groups in total. The third kappa shape index (κ3) is 10.4. The SMILES string of the molecule is CCCC[N+](CCCC)(CCCC)CCCC.Fc1ccc[c]([Sn+]([c]2ccccc2)[c]2ccccc2)c1F. The minimum atomic E-state index is -2.69. The van der Waals surface area contributed by atoms with Crippen molar-refractivity contribution in [3.8, 4) is 0 Å². The third-order valence-electron chi connectivity index (χ3n) is 7.29. The molecule has 0 aromatic heterocycles. The number of nitrogens with zero attached hydrogens (tertiary/aromatic N) is 1. The van der Waals surface area contributed by atoms with Gasteiger partial charge >= 0.3 is 130 Å². The van der Waals surface area contributed by atoms with Gasteiger partial charge < -0.3 is 4.48 Å². The van der Waals surface area contributed by atoms with Gasteiger partial charge in [0.05, 0.1) is 26.2 Å². The molecule has 0 radical (unpaired) electrons. The van der Waals surface area contributed by atoms with Gasteiger partial charge in [-0.2, -0.15) is 0 Å². The van der Waals surface area contributed by atoms with E-state index in [1.165, 1.54) is 88.1 Å². The van der Waals surface area contributed by atoms with Crippen LogP contribution in [0.3, 0.4) is 0 Å². The zero-order valence-corrected chi connectivity index (χ0v) is 27.0. The minimum absolute atomic E-state index is 0.551. The van der Waals surface area contributed by atoms with Gasteiger partial charge in [-0.25, -0.2) is 0 Å². The normalized spacial score (nSPS) is 11.1. The van der Waals surface area contributed by atoms with E-state index in [0.717, 1.165) is 7.16 Å². The average molecular weight is 628 g/mol. The molecule has 3 rings (SSSR count). The first-order chi connectivity index (χ1) is 18.5. The maximum atomic E-state index is 14.3. The van der Waals surface area contributed by atoms with Gasteiger partial charge in [0.1, 0.15) is 0 Å². The number of hydrogen-bond donors (Lipinski definition) is 0. The van der Waals surface area contributed by atoms with Gasteiger partial charge in [0.15, 0.2) is 0 Å². The Bertz CT molecular complexity index is 932. The van der Waals surface area contributed by atoms with Gasteiger partial charge in [-0.05, 0) is 25.7 Å². The van der Waals surface area contributed by atoms with Crippen LogP contribution in [0.15, 0.2) is 78.9 Å². The third-order valence-corrected chi connectivity index (χ3v) is 15.1. The van der Waals surface area contributed by atoms with Gasteiger partial charge in [0.25, 0.3) is 0 Å². The Kier molecular flexibility index (Phi) is 15.9. The first kappa shape index (κ1) is 32.5. The Labute approximate surface area is 238 Å². The number of quaternary nitrogens is 1. The molecule has 0 unspecified atom stereocenters. The second-order valence-electron chi connectivity index (χ2n) is 10.4. The zero-order chi connectivity index (χ0) is 27.6. The van der Waals surface area contributed by atoms with Crippen molar-refractivity contribution in [2.24, 2.45) is 0 Å². The molecule has 0 aliphatic carbocycles. The topological polar surface area (TPSA) is 0 Å². The fraction of sp³-hybridized carbons (Fsp3) is 0.471. The Hall–Kier alpha value is -1.72. The number of rotatable bonds is 15. The van der Waals surface area contributed by atoms with Gasteiger partial charge in [0, 0.05) is 0 Å². The number of benzene rings is 3. The fourth-order valence-corrected chi connectivity index (χ4v) is 12.5. The predicted octanol–water partition coefficient (Wildman–Crippen LogP) is 7.48. The van der Waals surface area contributed by atoms with Gasteiger partial charge in [-0.15, -0.1) is 0 Å². The molecule has 0 saturated carbocycles. The van der Waals surface area contributed by atoms with E-state index in [-0.39, 0.29) is 0 Å². The summed E-state index contributed by atoms with van der Waals surface area (Å²) in [7, 11) is 0. The predicted molar refractivity (Wildman–Crippen MR) is 163 cm³/mol. The van der Waals surface area contributed by atoms with Crippen molar-refractivity contribution in [3.63, 3.8) is 0 Å². The van der Waals surface area contributed by atoms with Crippen LogP contribution in [0.2, 0.25) is 0 Å². The molecule has 0 aliphatic heterocycles. The molecule has 38 heavy (non-hydrogen) atoms. The molecule has 4 heteroatoms. The fourth-order valence-electron chi connectivity index (χ4n) is 5.03. The van der Waals surface area contributed by atoms with Gasteiger partial charge in [-0.1, -0.05) is 53.4 Å². The molecule has 0 fully saturated rings. The van der Waals surface area contributed by atoms with E-state index in [4.69, 9.17) is 0 Å². The molecule has 3 aromatic carbocycles. The van der Waals surface area contributed by atoms with E-state index in [1.807, 2.05) is 60.7 Å². The van der Waals surface area contributed by atoms with Gasteiger partial charge in [0.2, 0.25) is 0 Å². The van der Waals surface area contributed by atoms with E-state index in [1.54, 1.807) is 12.1 Å². The molecular weight excluding hydrogens is 579 g/mol. The number of halogens is 2. The standard InChI is InChI=1S/C16H36N.C6H3F2.2C6H5.Sn/c1-5-9-13-17(14-10-6-2,15-11-7-3)16-12-8-4;7-5-3-1-2-4-6(5)8;2*1-2-4-6-5-3-1;/h5-16H2,1-4H3;1-3H;2*1-5H;/q+1;;;;+1. The summed E-state index contributed by atoms with van der Waals surface area (Å²) in [6.45, 7) is 15.0. The van der Waals surface area contributed by atoms with Crippen LogP contribution < -0.4 is 10.7 Å². The van der Waals surface area contributed by atoms with Gasteiger partial charge in [-0.3, -0.25) is 0 Å². The monoisotopic (exact) mass is 629 g/mol. The van der Waals surface area contributed by atoms with Crippen molar-refractivity contribution in [1.82, 2.24) is 0 Å². The summed E-state index contributed by atoms with van der Waals surface area (Å²) in [5, 5.41) is 0. The number of hydrogen-bond acceptors (Lipinski definition) is 0. The van der Waals surface area contributed by atoms with Crippen molar-refractivity contribution in [3.05, 3.63) is 90.5 Å². The summed E-state index contributed by atoms with van der Waals surface area (Å²) in [4.78, 5) is 0. The van der Waals surface area contributed by atoms with E-state index >= 15 is 0 Å². The molecule has 0 heterocycles. The summed E-state index contributed by atoms with van der Waals surface area (Å²) in [5.74, 6) is -1.46. The molecule has 0 bridgehead atoms. The zero-order valence-electron chi connectivity index (χ0n) is 24.2. The van der Waals surface area contributed by atoms with E-state index in [2.05, 4.69) is 27.7 Å². The average Bonchev–Trinajstić information content (AvgIpc) is 2.96. The van der Waals surface area contributed by atoms with Crippen LogP contribution >= 0.6 is 0 Å². The second kappa shape index (κ2) is 18.5. The summed E-state index contributed by atoms with van der Waals surface area (Å²) in [6.07, 6.45) is 11.1. The van der Waals surface area contributed by atoms with Crippen LogP contribution in [0.5, 0.6) is 0 Å². The van der Waals surface area contributed by atoms with Crippen LogP contribution in [0, 0.1) is 11.6 Å². The van der Waals surface area contributed by atoms with Crippen molar-refractivity contribution in [2.45, 2.75) is 79.1 Å². The molecule has 3 aromatic rings. The quantitative estimate of drug-likeness (QED) is 0.121. The summed E-state index contributed by atoms with van der Waals surface area (Å²) >= 11 is -2.69. The van der Waals surface area contributed by atoms with Crippen molar-refractivity contribution < 1.29 is 13.3 Å². The summed E-state index contributed by atoms with van der Waals surface area (Å²) in [6, 6.07) is 24.3. The molecule has 1 nitrogen and oxygen atoms in total. The Morgan fingerprint density at radius 3 is 1.29 bits per heavy atom. The molecule has 0 aliphatic rings. The Balaban J connectivity index is 0.000000275. The van der Waals surface area contributed by atoms with E-state index in [9.17, 15) is 8.78 Å². The van der Waals surface area contributed by atoms with Crippen LogP contribution in [0.4, 0.5) is 8.78 Å². The van der Waals surface area contributed by atoms with Crippen molar-refractivity contribution in [2.75, 3.05) is 26.2 Å². The number of unbranched alkanes of at least 4 members (excludes halogenated alkanes) is 4. The first-order valence-corrected chi connectivity index (χ1v) is 19.1. The summed E-state index contributed by atoms with van der Waals surface area (Å²) < 4.78 is 32.2. The van der Waals surface area contributed by atoms with Crippen molar-refractivity contribution in [1.29, 1.82) is 0 Å². The maximum absolute atomic E-state index is 14.3. The van der Waals surface area contributed by atoms with E-state index < -0.39 is 31.4 Å². The molecule has 206 valence electrons. The molecular formula is C34H49F2NSn+2. The molecule has 0 atom stereocenters. The van der Waals surface area contributed by atoms with Crippen LogP contribution in [-0.4, -0.2) is 50.4 Å². The van der Waals surface area contributed by atoms with Crippen molar-refractivity contribution >= 4 is 30.5 Å². The van der Waals surface area contributed by atoms with Crippen LogP contribution in [0.25, 0.3) is 0 Å². The summed E-state index contributed by atoms with van der Waals surface area (Å²) in [5.41, 5.74) is 0. The Morgan fingerprint density at radius 1 is 0.526 bits per heavy atom. The van der Waals surface area contributed by atoms with Crippen LogP contribution in [0.1, 0.15) is 79.1 Å². The van der Waals surface area contributed by atoms with Crippen LogP contribution in [-0.2, 0) is 0 Å². The molecule has 0 spiro atoms.